The smallest absolute Gasteiger partial charge is 0.283 e. The SMILES string of the molecule is Cn1cc(Nc2nn(-c3ccnc(-n4ncc5cc(C(C)(C)C)cc(F)c5c4=O)c3CO)cc2C(N)=O)nn1. The van der Waals surface area contributed by atoms with Gasteiger partial charge >= 0.3 is 0 Å². The maximum atomic E-state index is 15.2. The summed E-state index contributed by atoms with van der Waals surface area (Å²) in [5, 5.41) is 29.7. The van der Waals surface area contributed by atoms with Gasteiger partial charge in [-0.25, -0.2) is 14.1 Å². The zero-order chi connectivity index (χ0) is 28.1. The number of hydrogen-bond donors (Lipinski definition) is 3. The van der Waals surface area contributed by atoms with Crippen molar-refractivity contribution < 1.29 is 14.3 Å². The van der Waals surface area contributed by atoms with Crippen LogP contribution >= 0.6 is 0 Å². The van der Waals surface area contributed by atoms with E-state index in [2.05, 4.69) is 30.8 Å². The number of aliphatic hydroxyl groups excluding tert-OH is 1. The topological polar surface area (TPSA) is 172 Å². The first-order valence-corrected chi connectivity index (χ1v) is 11.8. The summed E-state index contributed by atoms with van der Waals surface area (Å²) in [5.41, 5.74) is 5.68. The summed E-state index contributed by atoms with van der Waals surface area (Å²) in [7, 11) is 1.68. The molecule has 5 rings (SSSR count). The average molecular weight is 533 g/mol. The third-order valence-corrected chi connectivity index (χ3v) is 6.15. The van der Waals surface area contributed by atoms with Crippen molar-refractivity contribution in [3.63, 3.8) is 0 Å². The van der Waals surface area contributed by atoms with Crippen molar-refractivity contribution >= 4 is 28.3 Å². The Morgan fingerprint density at radius 2 is 2.00 bits per heavy atom. The number of nitrogens with one attached hydrogen (secondary N) is 1. The minimum atomic E-state index is -0.759. The number of carbonyl (C=O) groups is 1. The number of nitrogens with two attached hydrogens (primary N) is 1. The van der Waals surface area contributed by atoms with Gasteiger partial charge in [0.25, 0.3) is 11.5 Å². The average Bonchev–Trinajstić information content (AvgIpc) is 3.49. The summed E-state index contributed by atoms with van der Waals surface area (Å²) in [4.78, 5) is 29.8. The minimum Gasteiger partial charge on any atom is -0.391 e. The molecular weight excluding hydrogens is 507 g/mol. The Bertz CT molecular complexity index is 1800. The van der Waals surface area contributed by atoms with Crippen LogP contribution in [0, 0.1) is 5.82 Å². The van der Waals surface area contributed by atoms with E-state index in [1.807, 2.05) is 20.8 Å². The van der Waals surface area contributed by atoms with Crippen molar-refractivity contribution in [1.29, 1.82) is 0 Å². The molecular formula is C25H25FN10O3. The van der Waals surface area contributed by atoms with Gasteiger partial charge in [-0.2, -0.15) is 9.78 Å². The van der Waals surface area contributed by atoms with Gasteiger partial charge in [0.15, 0.2) is 17.5 Å². The van der Waals surface area contributed by atoms with Crippen LogP contribution in [0.3, 0.4) is 0 Å². The first-order chi connectivity index (χ1) is 18.5. The number of rotatable bonds is 6. The van der Waals surface area contributed by atoms with Crippen molar-refractivity contribution in [3.05, 3.63) is 75.8 Å². The van der Waals surface area contributed by atoms with Gasteiger partial charge in [-0.05, 0) is 29.2 Å². The number of anilines is 2. The fourth-order valence-corrected chi connectivity index (χ4v) is 4.13. The molecule has 0 unspecified atom stereocenters. The highest BCUT2D eigenvalue weighted by atomic mass is 19.1. The lowest BCUT2D eigenvalue weighted by Crippen LogP contribution is -2.25. The maximum Gasteiger partial charge on any atom is 0.283 e. The Labute approximate surface area is 220 Å². The van der Waals surface area contributed by atoms with Crippen molar-refractivity contribution in [2.24, 2.45) is 12.8 Å². The monoisotopic (exact) mass is 532 g/mol. The molecule has 0 saturated carbocycles. The Kier molecular flexibility index (Phi) is 6.18. The Hall–Kier alpha value is -4.98. The summed E-state index contributed by atoms with van der Waals surface area (Å²) >= 11 is 0. The standard InChI is InChI=1S/C25H25FN10O3/c1-25(2,3)14-7-13-9-29-36(24(39)20(13)17(26)8-14)23-16(12-37)18(5-6-28-23)35-10-15(21(27)38)22(32-35)30-19-11-34(4)33-31-19/h5-11,37H,12H2,1-4H3,(H2,27,38)(H,30,32). The second kappa shape index (κ2) is 9.40. The van der Waals surface area contributed by atoms with Crippen LogP contribution in [0.25, 0.3) is 22.3 Å². The van der Waals surface area contributed by atoms with E-state index in [1.54, 1.807) is 19.3 Å². The highest BCUT2D eigenvalue weighted by molar-refractivity contribution is 5.98. The molecule has 0 radical (unpaired) electrons. The van der Waals surface area contributed by atoms with E-state index < -0.39 is 23.9 Å². The van der Waals surface area contributed by atoms with Crippen LogP contribution in [0.15, 0.2) is 47.8 Å². The molecule has 0 aliphatic heterocycles. The molecule has 0 spiro atoms. The summed E-state index contributed by atoms with van der Waals surface area (Å²) < 4.78 is 18.9. The molecule has 0 saturated heterocycles. The van der Waals surface area contributed by atoms with Crippen LogP contribution in [-0.4, -0.2) is 50.6 Å². The number of aliphatic hydroxyl groups is 1. The highest BCUT2D eigenvalue weighted by Gasteiger charge is 2.22. The lowest BCUT2D eigenvalue weighted by atomic mass is 9.86. The summed E-state index contributed by atoms with van der Waals surface area (Å²) in [6.07, 6.45) is 5.70. The predicted molar refractivity (Wildman–Crippen MR) is 140 cm³/mol. The molecule has 5 aromatic rings. The second-order valence-corrected chi connectivity index (χ2v) is 9.93. The van der Waals surface area contributed by atoms with Gasteiger partial charge in [0.2, 0.25) is 0 Å². The molecule has 4 aromatic heterocycles. The van der Waals surface area contributed by atoms with Crippen LogP contribution in [-0.2, 0) is 19.1 Å². The quantitative estimate of drug-likeness (QED) is 0.295. The number of hydrogen-bond acceptors (Lipinski definition) is 9. The van der Waals surface area contributed by atoms with Gasteiger partial charge in [-0.3, -0.25) is 14.3 Å². The Morgan fingerprint density at radius 3 is 2.64 bits per heavy atom. The number of primary amides is 1. The highest BCUT2D eigenvalue weighted by Crippen LogP contribution is 2.28. The second-order valence-electron chi connectivity index (χ2n) is 9.93. The summed E-state index contributed by atoms with van der Waals surface area (Å²) in [5.74, 6) is -1.04. The number of amides is 1. The molecule has 39 heavy (non-hydrogen) atoms. The number of halogens is 1. The minimum absolute atomic E-state index is 0.0271. The van der Waals surface area contributed by atoms with Gasteiger partial charge in [0.1, 0.15) is 11.4 Å². The van der Waals surface area contributed by atoms with E-state index in [-0.39, 0.29) is 39.3 Å². The molecule has 14 heteroatoms. The van der Waals surface area contributed by atoms with Crippen molar-refractivity contribution in [1.82, 2.24) is 39.5 Å². The molecule has 0 bridgehead atoms. The van der Waals surface area contributed by atoms with Gasteiger partial charge < -0.3 is 16.2 Å². The third kappa shape index (κ3) is 4.61. The van der Waals surface area contributed by atoms with Gasteiger partial charge in [-0.15, -0.1) is 10.2 Å². The number of fused-ring (bicyclic) bond motifs is 1. The molecule has 0 atom stereocenters. The fourth-order valence-electron chi connectivity index (χ4n) is 4.13. The van der Waals surface area contributed by atoms with E-state index in [4.69, 9.17) is 5.73 Å². The lowest BCUT2D eigenvalue weighted by molar-refractivity contribution is 0.100. The molecule has 13 nitrogen and oxygen atoms in total. The maximum absolute atomic E-state index is 15.2. The van der Waals surface area contributed by atoms with Crippen LogP contribution in [0.2, 0.25) is 0 Å². The normalized spacial score (nSPS) is 11.7. The zero-order valence-corrected chi connectivity index (χ0v) is 21.5. The van der Waals surface area contributed by atoms with Gasteiger partial charge in [0, 0.05) is 30.4 Å². The molecule has 4 N–H and O–H groups in total. The fraction of sp³-hybridized carbons (Fsp3) is 0.240. The van der Waals surface area contributed by atoms with Crippen molar-refractivity contribution in [2.75, 3.05) is 5.32 Å². The van der Waals surface area contributed by atoms with Crippen LogP contribution < -0.4 is 16.6 Å². The van der Waals surface area contributed by atoms with Crippen molar-refractivity contribution in [2.45, 2.75) is 32.8 Å². The molecule has 0 fully saturated rings. The predicted octanol–water partition coefficient (Wildman–Crippen LogP) is 1.87. The first kappa shape index (κ1) is 25.7. The third-order valence-electron chi connectivity index (χ3n) is 6.15. The van der Waals surface area contributed by atoms with E-state index in [0.717, 1.165) is 10.2 Å². The molecule has 1 amide bonds. The number of pyridine rings is 1. The van der Waals surface area contributed by atoms with Crippen LogP contribution in [0.1, 0.15) is 42.3 Å². The molecule has 200 valence electrons. The van der Waals surface area contributed by atoms with Crippen molar-refractivity contribution in [3.8, 4) is 11.5 Å². The number of aromatic nitrogens is 8. The van der Waals surface area contributed by atoms with E-state index in [9.17, 15) is 14.7 Å². The van der Waals surface area contributed by atoms with Crippen LogP contribution in [0.5, 0.6) is 0 Å². The Balaban J connectivity index is 1.64. The van der Waals surface area contributed by atoms with E-state index in [1.165, 1.54) is 40.1 Å². The van der Waals surface area contributed by atoms with E-state index in [0.29, 0.717) is 11.2 Å². The summed E-state index contributed by atoms with van der Waals surface area (Å²) in [6, 6.07) is 4.60. The number of nitrogens with zero attached hydrogens (tertiary/aromatic N) is 8. The number of aryl methyl sites for hydroxylation is 1. The number of carbonyl (C=O) groups excluding carboxylic acids is 1. The molecule has 1 aromatic carbocycles. The Morgan fingerprint density at radius 1 is 1.23 bits per heavy atom. The summed E-state index contributed by atoms with van der Waals surface area (Å²) in [6.45, 7) is 5.25. The first-order valence-electron chi connectivity index (χ1n) is 11.8. The number of benzene rings is 1. The lowest BCUT2D eigenvalue weighted by Gasteiger charge is -2.20. The molecule has 0 aliphatic carbocycles. The zero-order valence-electron chi connectivity index (χ0n) is 21.5. The van der Waals surface area contributed by atoms with Gasteiger partial charge in [0.05, 0.1) is 30.1 Å². The molecule has 4 heterocycles. The molecule has 0 aliphatic rings. The van der Waals surface area contributed by atoms with Crippen LogP contribution in [0.4, 0.5) is 16.0 Å². The van der Waals surface area contributed by atoms with E-state index >= 15 is 4.39 Å². The largest absolute Gasteiger partial charge is 0.391 e. The van der Waals surface area contributed by atoms with Gasteiger partial charge in [-0.1, -0.05) is 26.0 Å².